The van der Waals surface area contributed by atoms with Crippen LogP contribution in [-0.2, 0) is 22.7 Å². The van der Waals surface area contributed by atoms with Gasteiger partial charge in [0.1, 0.15) is 5.75 Å². The van der Waals surface area contributed by atoms with Crippen LogP contribution in [0.1, 0.15) is 24.5 Å². The van der Waals surface area contributed by atoms with Crippen LogP contribution in [0.2, 0.25) is 0 Å². The first-order chi connectivity index (χ1) is 9.19. The minimum atomic E-state index is -4.57. The van der Waals surface area contributed by atoms with E-state index in [2.05, 4.69) is 4.72 Å². The normalized spacial score (nSPS) is 12.4. The summed E-state index contributed by atoms with van der Waals surface area (Å²) in [4.78, 5) is 0. The average Bonchev–Trinajstić information content (AvgIpc) is 2.35. The molecule has 1 aromatic rings. The number of halogens is 3. The fourth-order valence-electron chi connectivity index (χ4n) is 1.63. The van der Waals surface area contributed by atoms with Crippen molar-refractivity contribution >= 4 is 10.0 Å². The van der Waals surface area contributed by atoms with Crippen LogP contribution < -0.4 is 9.46 Å². The predicted octanol–water partition coefficient (Wildman–Crippen LogP) is 2.54. The van der Waals surface area contributed by atoms with Gasteiger partial charge in [-0.3, -0.25) is 0 Å². The number of rotatable bonds is 6. The molecule has 114 valence electrons. The van der Waals surface area contributed by atoms with Crippen molar-refractivity contribution < 1.29 is 26.3 Å². The molecule has 4 nitrogen and oxygen atoms in total. The van der Waals surface area contributed by atoms with Crippen molar-refractivity contribution in [1.82, 2.24) is 4.72 Å². The number of alkyl halides is 3. The van der Waals surface area contributed by atoms with Gasteiger partial charge in [0.05, 0.1) is 18.4 Å². The van der Waals surface area contributed by atoms with Crippen LogP contribution in [0.15, 0.2) is 18.2 Å². The lowest BCUT2D eigenvalue weighted by molar-refractivity contribution is -0.138. The average molecular weight is 311 g/mol. The molecule has 8 heteroatoms. The summed E-state index contributed by atoms with van der Waals surface area (Å²) < 4.78 is 68.5. The highest BCUT2D eigenvalue weighted by molar-refractivity contribution is 7.89. The number of hydrogen-bond acceptors (Lipinski definition) is 3. The van der Waals surface area contributed by atoms with Crippen LogP contribution in [0, 0.1) is 0 Å². The summed E-state index contributed by atoms with van der Waals surface area (Å²) >= 11 is 0. The summed E-state index contributed by atoms with van der Waals surface area (Å²) in [5.74, 6) is -0.0534. The van der Waals surface area contributed by atoms with Gasteiger partial charge in [-0.15, -0.1) is 0 Å². The molecule has 1 N–H and O–H groups in total. The van der Waals surface area contributed by atoms with Crippen LogP contribution in [0.25, 0.3) is 0 Å². The van der Waals surface area contributed by atoms with E-state index in [0.717, 1.165) is 6.07 Å². The SMILES string of the molecule is CCCS(=O)(=O)NCc1ccc(OC)cc1C(F)(F)F. The molecule has 0 radical (unpaired) electrons. The topological polar surface area (TPSA) is 55.4 Å². The van der Waals surface area contributed by atoms with Gasteiger partial charge >= 0.3 is 6.18 Å². The van der Waals surface area contributed by atoms with Crippen molar-refractivity contribution in [3.8, 4) is 5.75 Å². The molecule has 0 bridgehead atoms. The second kappa shape index (κ2) is 6.45. The standard InChI is InChI=1S/C12H16F3NO3S/c1-3-6-20(17,18)16-8-9-4-5-10(19-2)7-11(9)12(13,14)15/h4-5,7,16H,3,6,8H2,1-2H3. The van der Waals surface area contributed by atoms with E-state index in [0.29, 0.717) is 6.42 Å². The zero-order chi connectivity index (χ0) is 15.4. The van der Waals surface area contributed by atoms with Crippen molar-refractivity contribution in [3.63, 3.8) is 0 Å². The number of nitrogens with one attached hydrogen (secondary N) is 1. The smallest absolute Gasteiger partial charge is 0.416 e. The number of hydrogen-bond donors (Lipinski definition) is 1. The van der Waals surface area contributed by atoms with Crippen LogP contribution in [0.4, 0.5) is 13.2 Å². The zero-order valence-electron chi connectivity index (χ0n) is 11.1. The lowest BCUT2D eigenvalue weighted by Gasteiger charge is -2.14. The van der Waals surface area contributed by atoms with Crippen LogP contribution in [0.3, 0.4) is 0 Å². The van der Waals surface area contributed by atoms with E-state index in [1.165, 1.54) is 19.2 Å². The highest BCUT2D eigenvalue weighted by Gasteiger charge is 2.33. The molecule has 0 fully saturated rings. The van der Waals surface area contributed by atoms with Crippen LogP contribution >= 0.6 is 0 Å². The maximum Gasteiger partial charge on any atom is 0.416 e. The Hall–Kier alpha value is -1.28. The summed E-state index contributed by atoms with van der Waals surface area (Å²) in [5, 5.41) is 0. The molecule has 1 aromatic carbocycles. The zero-order valence-corrected chi connectivity index (χ0v) is 11.9. The van der Waals surface area contributed by atoms with E-state index in [1.807, 2.05) is 0 Å². The van der Waals surface area contributed by atoms with Crippen molar-refractivity contribution in [2.45, 2.75) is 26.1 Å². The summed E-state index contributed by atoms with van der Waals surface area (Å²) in [6.45, 7) is 1.27. The van der Waals surface area contributed by atoms with E-state index in [4.69, 9.17) is 4.74 Å². The molecular formula is C12H16F3NO3S. The number of methoxy groups -OCH3 is 1. The summed E-state index contributed by atoms with van der Waals surface area (Å²) in [6, 6.07) is 3.41. The fourth-order valence-corrected chi connectivity index (χ4v) is 2.69. The van der Waals surface area contributed by atoms with Crippen LogP contribution in [-0.4, -0.2) is 21.3 Å². The third kappa shape index (κ3) is 4.68. The molecule has 0 aliphatic rings. The Morgan fingerprint density at radius 3 is 2.45 bits per heavy atom. The second-order valence-corrected chi connectivity index (χ2v) is 6.09. The van der Waals surface area contributed by atoms with Crippen LogP contribution in [0.5, 0.6) is 5.75 Å². The molecule has 0 amide bonds. The Bertz CT molecular complexity index is 556. The first-order valence-corrected chi connectivity index (χ1v) is 7.56. The largest absolute Gasteiger partial charge is 0.497 e. The highest BCUT2D eigenvalue weighted by atomic mass is 32.2. The van der Waals surface area contributed by atoms with Crippen molar-refractivity contribution in [1.29, 1.82) is 0 Å². The number of ether oxygens (including phenoxy) is 1. The monoisotopic (exact) mass is 311 g/mol. The highest BCUT2D eigenvalue weighted by Crippen LogP contribution is 2.34. The lowest BCUT2D eigenvalue weighted by Crippen LogP contribution is -2.27. The molecule has 0 aromatic heterocycles. The van der Waals surface area contributed by atoms with Gasteiger partial charge in [0.2, 0.25) is 10.0 Å². The Morgan fingerprint density at radius 1 is 1.30 bits per heavy atom. The summed E-state index contributed by atoms with van der Waals surface area (Å²) in [5.41, 5.74) is -1.05. The Labute approximate surface area is 116 Å². The third-order valence-electron chi connectivity index (χ3n) is 2.58. The Kier molecular flexibility index (Phi) is 5.41. The molecule has 0 aliphatic carbocycles. The van der Waals surface area contributed by atoms with Gasteiger partial charge < -0.3 is 4.74 Å². The Balaban J connectivity index is 3.01. The number of benzene rings is 1. The predicted molar refractivity (Wildman–Crippen MR) is 68.9 cm³/mol. The van der Waals surface area contributed by atoms with E-state index in [9.17, 15) is 21.6 Å². The summed E-state index contributed by atoms with van der Waals surface area (Å²) in [6.07, 6.45) is -4.18. The second-order valence-electron chi connectivity index (χ2n) is 4.16. The number of sulfonamides is 1. The fraction of sp³-hybridized carbons (Fsp3) is 0.500. The molecule has 0 unspecified atom stereocenters. The molecule has 0 heterocycles. The van der Waals surface area contributed by atoms with Gasteiger partial charge in [-0.1, -0.05) is 13.0 Å². The molecule has 0 saturated heterocycles. The minimum Gasteiger partial charge on any atom is -0.497 e. The lowest BCUT2D eigenvalue weighted by atomic mass is 10.1. The van der Waals surface area contributed by atoms with Gasteiger partial charge in [0.15, 0.2) is 0 Å². The van der Waals surface area contributed by atoms with E-state index < -0.39 is 28.3 Å². The first kappa shape index (κ1) is 16.8. The summed E-state index contributed by atoms with van der Waals surface area (Å²) in [7, 11) is -2.29. The third-order valence-corrected chi connectivity index (χ3v) is 4.11. The van der Waals surface area contributed by atoms with Gasteiger partial charge in [0, 0.05) is 6.54 Å². The van der Waals surface area contributed by atoms with Gasteiger partial charge in [0.25, 0.3) is 0 Å². The minimum absolute atomic E-state index is 0.0671. The Morgan fingerprint density at radius 2 is 1.95 bits per heavy atom. The van der Waals surface area contributed by atoms with E-state index >= 15 is 0 Å². The molecule has 0 saturated carbocycles. The maximum atomic E-state index is 12.9. The quantitative estimate of drug-likeness (QED) is 0.878. The van der Waals surface area contributed by atoms with Gasteiger partial charge in [-0.25, -0.2) is 13.1 Å². The molecule has 0 atom stereocenters. The maximum absolute atomic E-state index is 12.9. The molecular weight excluding hydrogens is 295 g/mol. The molecule has 0 aliphatic heterocycles. The molecule has 0 spiro atoms. The molecule has 1 rings (SSSR count). The van der Waals surface area contributed by atoms with Crippen molar-refractivity contribution in [2.75, 3.05) is 12.9 Å². The van der Waals surface area contributed by atoms with E-state index in [-0.39, 0.29) is 17.1 Å². The van der Waals surface area contributed by atoms with Crippen molar-refractivity contribution in [2.24, 2.45) is 0 Å². The van der Waals surface area contributed by atoms with Gasteiger partial charge in [-0.05, 0) is 24.1 Å². The molecule has 20 heavy (non-hydrogen) atoms. The van der Waals surface area contributed by atoms with Crippen molar-refractivity contribution in [3.05, 3.63) is 29.3 Å². The van der Waals surface area contributed by atoms with E-state index in [1.54, 1.807) is 6.92 Å². The first-order valence-electron chi connectivity index (χ1n) is 5.91. The van der Waals surface area contributed by atoms with Gasteiger partial charge in [-0.2, -0.15) is 13.2 Å².